The van der Waals surface area contributed by atoms with Gasteiger partial charge in [0, 0.05) is 31.6 Å². The third-order valence-corrected chi connectivity index (χ3v) is 5.53. The van der Waals surface area contributed by atoms with Gasteiger partial charge in [-0.25, -0.2) is 0 Å². The van der Waals surface area contributed by atoms with Crippen molar-refractivity contribution in [3.8, 4) is 11.1 Å². The van der Waals surface area contributed by atoms with Crippen LogP contribution in [-0.2, 0) is 13.6 Å². The van der Waals surface area contributed by atoms with Crippen LogP contribution >= 0.6 is 0 Å². The Bertz CT molecular complexity index is 1290. The molecule has 4 aromatic rings. The highest BCUT2D eigenvalue weighted by atomic mass is 16.2. The molecule has 150 valence electrons. The van der Waals surface area contributed by atoms with Gasteiger partial charge in [0.1, 0.15) is 5.69 Å². The van der Waals surface area contributed by atoms with Crippen LogP contribution < -0.4 is 5.56 Å². The van der Waals surface area contributed by atoms with Crippen LogP contribution in [-0.4, -0.2) is 22.4 Å². The Morgan fingerprint density at radius 3 is 2.17 bits per heavy atom. The van der Waals surface area contributed by atoms with Crippen molar-refractivity contribution in [2.75, 3.05) is 7.05 Å². The molecule has 0 spiro atoms. The molecule has 3 aromatic carbocycles. The van der Waals surface area contributed by atoms with Crippen molar-refractivity contribution < 1.29 is 4.79 Å². The van der Waals surface area contributed by atoms with E-state index in [1.165, 1.54) is 4.57 Å². The molecule has 0 aliphatic heterocycles. The zero-order chi connectivity index (χ0) is 21.3. The van der Waals surface area contributed by atoms with E-state index in [9.17, 15) is 9.59 Å². The summed E-state index contributed by atoms with van der Waals surface area (Å²) in [5.41, 5.74) is 4.10. The van der Waals surface area contributed by atoms with Crippen molar-refractivity contribution in [1.82, 2.24) is 9.47 Å². The fourth-order valence-electron chi connectivity index (χ4n) is 3.95. The van der Waals surface area contributed by atoms with E-state index in [2.05, 4.69) is 0 Å². The van der Waals surface area contributed by atoms with Crippen LogP contribution in [0, 0.1) is 6.92 Å². The Morgan fingerprint density at radius 1 is 0.867 bits per heavy atom. The zero-order valence-corrected chi connectivity index (χ0v) is 17.4. The second kappa shape index (κ2) is 7.99. The van der Waals surface area contributed by atoms with Gasteiger partial charge in [0.15, 0.2) is 0 Å². The number of carbonyl (C=O) groups excluding carboxylic acids is 1. The van der Waals surface area contributed by atoms with Gasteiger partial charge in [0.25, 0.3) is 11.5 Å². The number of hydrogen-bond acceptors (Lipinski definition) is 2. The summed E-state index contributed by atoms with van der Waals surface area (Å²) in [6.45, 7) is 2.49. The van der Waals surface area contributed by atoms with Crippen molar-refractivity contribution in [2.24, 2.45) is 7.05 Å². The van der Waals surface area contributed by atoms with Crippen LogP contribution in [0.5, 0.6) is 0 Å². The maximum Gasteiger partial charge on any atom is 0.271 e. The van der Waals surface area contributed by atoms with E-state index >= 15 is 0 Å². The molecule has 0 unspecified atom stereocenters. The molecular formula is C26H24N2O2. The van der Waals surface area contributed by atoms with E-state index in [1.807, 2.05) is 85.8 Å². The predicted molar refractivity (Wildman–Crippen MR) is 122 cm³/mol. The summed E-state index contributed by atoms with van der Waals surface area (Å²) in [6.07, 6.45) is 0. The third kappa shape index (κ3) is 3.41. The van der Waals surface area contributed by atoms with Crippen LogP contribution in [0.1, 0.15) is 21.6 Å². The number of nitrogens with zero attached hydrogens (tertiary/aromatic N) is 2. The quantitative estimate of drug-likeness (QED) is 0.498. The first-order valence-electron chi connectivity index (χ1n) is 9.96. The molecule has 0 fully saturated rings. The molecule has 0 aliphatic carbocycles. The minimum atomic E-state index is -0.178. The first-order chi connectivity index (χ1) is 14.5. The lowest BCUT2D eigenvalue weighted by atomic mass is 9.93. The topological polar surface area (TPSA) is 42.3 Å². The lowest BCUT2D eigenvalue weighted by molar-refractivity contribution is 0.0775. The van der Waals surface area contributed by atoms with Crippen molar-refractivity contribution in [3.05, 3.63) is 106 Å². The number of pyridine rings is 1. The summed E-state index contributed by atoms with van der Waals surface area (Å²) in [5.74, 6) is -0.178. The third-order valence-electron chi connectivity index (χ3n) is 5.53. The van der Waals surface area contributed by atoms with Gasteiger partial charge in [-0.1, -0.05) is 72.8 Å². The molecule has 0 saturated carbocycles. The highest BCUT2D eigenvalue weighted by Gasteiger charge is 2.24. The Morgan fingerprint density at radius 2 is 1.47 bits per heavy atom. The van der Waals surface area contributed by atoms with Crippen LogP contribution in [0.3, 0.4) is 0 Å². The number of benzene rings is 3. The van der Waals surface area contributed by atoms with Gasteiger partial charge >= 0.3 is 0 Å². The van der Waals surface area contributed by atoms with E-state index < -0.39 is 0 Å². The number of carbonyl (C=O) groups is 1. The summed E-state index contributed by atoms with van der Waals surface area (Å²) >= 11 is 0. The van der Waals surface area contributed by atoms with E-state index in [0.717, 1.165) is 27.6 Å². The Labute approximate surface area is 176 Å². The number of fused-ring (bicyclic) bond motifs is 1. The van der Waals surface area contributed by atoms with Gasteiger partial charge in [0.05, 0.1) is 0 Å². The van der Waals surface area contributed by atoms with Crippen molar-refractivity contribution in [2.45, 2.75) is 13.5 Å². The summed E-state index contributed by atoms with van der Waals surface area (Å²) < 4.78 is 1.49. The number of amides is 1. The van der Waals surface area contributed by atoms with Gasteiger partial charge in [-0.05, 0) is 35.1 Å². The van der Waals surface area contributed by atoms with Gasteiger partial charge in [0.2, 0.25) is 0 Å². The van der Waals surface area contributed by atoms with E-state index in [4.69, 9.17) is 0 Å². The molecule has 1 amide bonds. The molecule has 30 heavy (non-hydrogen) atoms. The second-order valence-electron chi connectivity index (χ2n) is 7.60. The highest BCUT2D eigenvalue weighted by Crippen LogP contribution is 2.33. The minimum absolute atomic E-state index is 0.167. The maximum atomic E-state index is 13.6. The molecule has 0 atom stereocenters. The highest BCUT2D eigenvalue weighted by molar-refractivity contribution is 6.08. The molecule has 4 heteroatoms. The second-order valence-corrected chi connectivity index (χ2v) is 7.60. The SMILES string of the molecule is Cc1ccccc1-c1c(C(=O)N(C)Cc2ccccc2)n(C)c(=O)c2ccccc12. The lowest BCUT2D eigenvalue weighted by Crippen LogP contribution is -2.33. The summed E-state index contributed by atoms with van der Waals surface area (Å²) in [6, 6.07) is 25.3. The number of aromatic nitrogens is 1. The average Bonchev–Trinajstić information content (AvgIpc) is 2.77. The minimum Gasteiger partial charge on any atom is -0.336 e. The molecule has 1 aromatic heterocycles. The average molecular weight is 396 g/mol. The molecular weight excluding hydrogens is 372 g/mol. The van der Waals surface area contributed by atoms with Crippen molar-refractivity contribution >= 4 is 16.7 Å². The first kappa shape index (κ1) is 19.6. The standard InChI is InChI=1S/C26H24N2O2/c1-18-11-7-8-14-20(18)23-21-15-9-10-16-22(21)25(29)28(3)24(23)26(30)27(2)17-19-12-5-4-6-13-19/h4-16H,17H2,1-3H3. The molecule has 0 saturated heterocycles. The summed E-state index contributed by atoms with van der Waals surface area (Å²) in [5, 5.41) is 1.41. The molecule has 1 heterocycles. The van der Waals surface area contributed by atoms with Gasteiger partial charge < -0.3 is 9.47 Å². The van der Waals surface area contributed by atoms with Crippen molar-refractivity contribution in [3.63, 3.8) is 0 Å². The fraction of sp³-hybridized carbons (Fsp3) is 0.154. The molecule has 0 N–H and O–H groups in total. The van der Waals surface area contributed by atoms with Crippen LogP contribution in [0.2, 0.25) is 0 Å². The molecule has 0 aliphatic rings. The van der Waals surface area contributed by atoms with Gasteiger partial charge in [-0.15, -0.1) is 0 Å². The number of aryl methyl sites for hydroxylation is 1. The number of hydrogen-bond donors (Lipinski definition) is 0. The van der Waals surface area contributed by atoms with Crippen LogP contribution in [0.25, 0.3) is 21.9 Å². The van der Waals surface area contributed by atoms with E-state index in [-0.39, 0.29) is 11.5 Å². The molecule has 4 nitrogen and oxygen atoms in total. The smallest absolute Gasteiger partial charge is 0.271 e. The molecule has 0 radical (unpaired) electrons. The van der Waals surface area contributed by atoms with Crippen molar-refractivity contribution in [1.29, 1.82) is 0 Å². The zero-order valence-electron chi connectivity index (χ0n) is 17.4. The van der Waals surface area contributed by atoms with Gasteiger partial charge in [-0.2, -0.15) is 0 Å². The number of rotatable bonds is 4. The van der Waals surface area contributed by atoms with Crippen LogP contribution in [0.15, 0.2) is 83.7 Å². The van der Waals surface area contributed by atoms with E-state index in [0.29, 0.717) is 17.6 Å². The lowest BCUT2D eigenvalue weighted by Gasteiger charge is -2.23. The van der Waals surface area contributed by atoms with Gasteiger partial charge in [-0.3, -0.25) is 9.59 Å². The fourth-order valence-corrected chi connectivity index (χ4v) is 3.95. The Balaban J connectivity index is 1.96. The predicted octanol–water partition coefficient (Wildman–Crippen LogP) is 4.79. The first-order valence-corrected chi connectivity index (χ1v) is 9.96. The van der Waals surface area contributed by atoms with E-state index in [1.54, 1.807) is 19.0 Å². The monoisotopic (exact) mass is 396 g/mol. The normalized spacial score (nSPS) is 10.9. The molecule has 4 rings (SSSR count). The Hall–Kier alpha value is -3.66. The summed E-state index contributed by atoms with van der Waals surface area (Å²) in [7, 11) is 3.46. The largest absolute Gasteiger partial charge is 0.336 e. The Kier molecular flexibility index (Phi) is 5.23. The van der Waals surface area contributed by atoms with Crippen LogP contribution in [0.4, 0.5) is 0 Å². The molecule has 0 bridgehead atoms. The summed E-state index contributed by atoms with van der Waals surface area (Å²) in [4.78, 5) is 28.4. The maximum absolute atomic E-state index is 13.6.